The zero-order valence-corrected chi connectivity index (χ0v) is 19.6. The number of esters is 5. The maximum Gasteiger partial charge on any atom is 0.354 e. The highest BCUT2D eigenvalue weighted by atomic mass is 16.5. The van der Waals surface area contributed by atoms with Gasteiger partial charge < -0.3 is 28.6 Å². The van der Waals surface area contributed by atoms with E-state index in [1.807, 2.05) is 0 Å². The fourth-order valence-electron chi connectivity index (χ4n) is 3.87. The van der Waals surface area contributed by atoms with Crippen molar-refractivity contribution in [2.45, 2.75) is 18.5 Å². The van der Waals surface area contributed by atoms with Crippen LogP contribution in [0.1, 0.15) is 18.5 Å². The molecule has 0 bridgehead atoms. The molecular weight excluding hydrogens is 450 g/mol. The third-order valence-electron chi connectivity index (χ3n) is 5.37. The van der Waals surface area contributed by atoms with E-state index in [9.17, 15) is 24.0 Å². The number of nitrogens with zero attached hydrogens (tertiary/aromatic N) is 1. The van der Waals surface area contributed by atoms with E-state index in [1.54, 1.807) is 30.3 Å². The Morgan fingerprint density at radius 3 is 1.88 bits per heavy atom. The molecule has 34 heavy (non-hydrogen) atoms. The van der Waals surface area contributed by atoms with Gasteiger partial charge >= 0.3 is 29.8 Å². The Morgan fingerprint density at radius 1 is 0.824 bits per heavy atom. The van der Waals surface area contributed by atoms with Gasteiger partial charge in [0, 0.05) is 0 Å². The van der Waals surface area contributed by atoms with Gasteiger partial charge in [0.15, 0.2) is 5.54 Å². The molecule has 0 aromatic heterocycles. The highest BCUT2D eigenvalue weighted by molar-refractivity contribution is 6.11. The van der Waals surface area contributed by atoms with Crippen molar-refractivity contribution in [3.05, 3.63) is 58.8 Å². The third-order valence-corrected chi connectivity index (χ3v) is 5.37. The van der Waals surface area contributed by atoms with Gasteiger partial charge in [-0.25, -0.2) is 24.0 Å². The van der Waals surface area contributed by atoms with Crippen molar-refractivity contribution in [2.75, 3.05) is 35.5 Å². The Morgan fingerprint density at radius 2 is 1.41 bits per heavy atom. The number of carbonyl (C=O) groups is 5. The molecule has 0 radical (unpaired) electrons. The lowest BCUT2D eigenvalue weighted by Crippen LogP contribution is -2.54. The highest BCUT2D eigenvalue weighted by Crippen LogP contribution is 2.50. The van der Waals surface area contributed by atoms with Gasteiger partial charge in [-0.3, -0.25) is 0 Å². The number of hydrogen-bond donors (Lipinski definition) is 0. The molecule has 0 amide bonds. The minimum Gasteiger partial charge on any atom is -0.467 e. The molecule has 0 saturated carbocycles. The zero-order chi connectivity index (χ0) is 25.6. The summed E-state index contributed by atoms with van der Waals surface area (Å²) in [5.74, 6) is -5.03. The molecule has 1 aliphatic heterocycles. The first-order chi connectivity index (χ1) is 16.1. The summed E-state index contributed by atoms with van der Waals surface area (Å²) in [5.41, 5.74) is -2.93. The van der Waals surface area contributed by atoms with Gasteiger partial charge in [0.1, 0.15) is 5.70 Å². The lowest BCUT2D eigenvalue weighted by Gasteiger charge is -2.39. The van der Waals surface area contributed by atoms with Crippen LogP contribution >= 0.6 is 0 Å². The van der Waals surface area contributed by atoms with Crippen LogP contribution in [0.2, 0.25) is 0 Å². The summed E-state index contributed by atoms with van der Waals surface area (Å²) in [6, 6.07) is 6.95. The van der Waals surface area contributed by atoms with Crippen LogP contribution in [0, 0.1) is 0 Å². The van der Waals surface area contributed by atoms with E-state index in [-0.39, 0.29) is 5.57 Å². The topological polar surface area (TPSA) is 135 Å². The molecule has 2 atom stereocenters. The molecule has 0 fully saturated rings. The van der Waals surface area contributed by atoms with Crippen molar-refractivity contribution in [1.29, 1.82) is 0 Å². The van der Waals surface area contributed by atoms with Crippen molar-refractivity contribution in [3.8, 4) is 0 Å². The second kappa shape index (κ2) is 10.6. The van der Waals surface area contributed by atoms with Crippen LogP contribution in [0.3, 0.4) is 0 Å². The summed E-state index contributed by atoms with van der Waals surface area (Å²) in [5, 5.41) is 0. The monoisotopic (exact) mass is 475 g/mol. The predicted molar refractivity (Wildman–Crippen MR) is 115 cm³/mol. The molecule has 1 aromatic rings. The molecule has 0 saturated heterocycles. The van der Waals surface area contributed by atoms with Crippen LogP contribution in [-0.4, -0.2) is 75.8 Å². The van der Waals surface area contributed by atoms with Gasteiger partial charge in [-0.2, -0.15) is 0 Å². The quantitative estimate of drug-likeness (QED) is 0.315. The molecule has 0 N–H and O–H groups in total. The molecule has 1 aromatic carbocycles. The number of ether oxygens (including phenoxy) is 5. The Labute approximate surface area is 195 Å². The summed E-state index contributed by atoms with van der Waals surface area (Å²) >= 11 is 0. The van der Waals surface area contributed by atoms with Crippen LogP contribution in [0.25, 0.3) is 0 Å². The first kappa shape index (κ1) is 26.1. The van der Waals surface area contributed by atoms with Gasteiger partial charge in [0.05, 0.1) is 58.8 Å². The average molecular weight is 475 g/mol. The summed E-state index contributed by atoms with van der Waals surface area (Å²) in [6.07, 6.45) is 0.790. The molecule has 2 rings (SSSR count). The van der Waals surface area contributed by atoms with Crippen LogP contribution < -0.4 is 0 Å². The highest BCUT2D eigenvalue weighted by Gasteiger charge is 2.61. The fraction of sp³-hybridized carbons (Fsp3) is 0.348. The maximum absolute atomic E-state index is 13.2. The van der Waals surface area contributed by atoms with Crippen molar-refractivity contribution >= 4 is 29.8 Å². The molecule has 1 heterocycles. The van der Waals surface area contributed by atoms with Crippen molar-refractivity contribution in [3.63, 3.8) is 0 Å². The summed E-state index contributed by atoms with van der Waals surface area (Å²) in [7, 11) is 5.37. The molecule has 0 aliphatic carbocycles. The molecule has 11 heteroatoms. The van der Waals surface area contributed by atoms with E-state index >= 15 is 0 Å². The molecule has 11 nitrogen and oxygen atoms in total. The van der Waals surface area contributed by atoms with Crippen molar-refractivity contribution in [1.82, 2.24) is 4.90 Å². The average Bonchev–Trinajstić information content (AvgIpc) is 3.15. The van der Waals surface area contributed by atoms with E-state index < -0.39 is 52.7 Å². The minimum absolute atomic E-state index is 0.284. The number of methoxy groups -OCH3 is 5. The molecule has 0 spiro atoms. The van der Waals surface area contributed by atoms with E-state index in [0.717, 1.165) is 46.5 Å². The molecule has 1 aliphatic rings. The van der Waals surface area contributed by atoms with Crippen molar-refractivity contribution in [2.24, 2.45) is 0 Å². The first-order valence-corrected chi connectivity index (χ1v) is 9.85. The number of benzene rings is 1. The Bertz CT molecular complexity index is 1060. The number of rotatable bonds is 7. The Balaban J connectivity index is 3.10. The lowest BCUT2D eigenvalue weighted by atomic mass is 9.90. The van der Waals surface area contributed by atoms with Crippen LogP contribution in [-0.2, 0) is 47.7 Å². The number of hydrogen-bond acceptors (Lipinski definition) is 11. The van der Waals surface area contributed by atoms with Crippen molar-refractivity contribution < 1.29 is 47.7 Å². The summed E-state index contributed by atoms with van der Waals surface area (Å²) in [4.78, 5) is 65.4. The fourth-order valence-corrected chi connectivity index (χ4v) is 3.87. The molecule has 182 valence electrons. The third kappa shape index (κ3) is 4.36. The second-order valence-corrected chi connectivity index (χ2v) is 7.06. The maximum atomic E-state index is 13.2. The van der Waals surface area contributed by atoms with Crippen LogP contribution in [0.15, 0.2) is 53.3 Å². The van der Waals surface area contributed by atoms with Gasteiger partial charge in [-0.1, -0.05) is 30.3 Å². The summed E-state index contributed by atoms with van der Waals surface area (Å²) < 4.78 is 24.3. The second-order valence-electron chi connectivity index (χ2n) is 7.06. The van der Waals surface area contributed by atoms with Crippen LogP contribution in [0.5, 0.6) is 0 Å². The Kier molecular flexibility index (Phi) is 8.17. The van der Waals surface area contributed by atoms with Gasteiger partial charge in [0.25, 0.3) is 0 Å². The standard InChI is InChI=1S/C23H25NO10/c1-23(22(29)34-6)17(21(28)33-5)16(20(27)32-4)18(13-10-8-7-9-11-13)24(23)14(19(26)31-3)12-15(25)30-2/h7-12,18H,1-6H3/b14-12+/t18-,23-/m0/s1. The van der Waals surface area contributed by atoms with Gasteiger partial charge in [-0.15, -0.1) is 0 Å². The zero-order valence-electron chi connectivity index (χ0n) is 19.6. The van der Waals surface area contributed by atoms with Crippen LogP contribution in [0.4, 0.5) is 0 Å². The number of carbonyl (C=O) groups excluding carboxylic acids is 5. The van der Waals surface area contributed by atoms with E-state index in [0.29, 0.717) is 5.56 Å². The van der Waals surface area contributed by atoms with E-state index in [4.69, 9.17) is 18.9 Å². The van der Waals surface area contributed by atoms with Gasteiger partial charge in [0.2, 0.25) is 0 Å². The molecule has 0 unspecified atom stereocenters. The normalized spacial score (nSPS) is 19.9. The molecular formula is C23H25NO10. The van der Waals surface area contributed by atoms with E-state index in [1.165, 1.54) is 6.92 Å². The van der Waals surface area contributed by atoms with E-state index in [2.05, 4.69) is 4.74 Å². The largest absolute Gasteiger partial charge is 0.467 e. The smallest absolute Gasteiger partial charge is 0.354 e. The SMILES string of the molecule is COC(=O)/C=C(\C(=O)OC)N1[C@@H](c2ccccc2)C(C(=O)OC)=C(C(=O)OC)[C@@]1(C)C(=O)OC. The summed E-state index contributed by atoms with van der Waals surface area (Å²) in [6.45, 7) is 1.25. The first-order valence-electron chi connectivity index (χ1n) is 9.85. The van der Waals surface area contributed by atoms with Gasteiger partial charge in [-0.05, 0) is 12.5 Å². The lowest BCUT2D eigenvalue weighted by molar-refractivity contribution is -0.155. The predicted octanol–water partition coefficient (Wildman–Crippen LogP) is 0.847. The Hall–Kier alpha value is -4.15. The minimum atomic E-state index is -2.13.